The first kappa shape index (κ1) is 16.5. The van der Waals surface area contributed by atoms with Crippen molar-refractivity contribution in [3.05, 3.63) is 34.3 Å². The number of aliphatic carboxylic acids is 1. The maximum Gasteiger partial charge on any atom is 0.326 e. The molecule has 0 aliphatic heterocycles. The Morgan fingerprint density at radius 1 is 1.40 bits per heavy atom. The molecule has 110 valence electrons. The number of benzene rings is 1. The van der Waals surface area contributed by atoms with Gasteiger partial charge < -0.3 is 15.3 Å². The second kappa shape index (κ2) is 7.89. The number of nitrogens with one attached hydrogen (secondary N) is 1. The molecule has 6 heteroatoms. The fraction of sp³-hybridized carbons (Fsp3) is 0.429. The van der Waals surface area contributed by atoms with Gasteiger partial charge in [0.05, 0.1) is 0 Å². The van der Waals surface area contributed by atoms with Crippen LogP contribution in [0.15, 0.2) is 28.7 Å². The van der Waals surface area contributed by atoms with Crippen LogP contribution in [0.25, 0.3) is 0 Å². The van der Waals surface area contributed by atoms with E-state index in [1.54, 1.807) is 7.05 Å². The highest BCUT2D eigenvalue weighted by Crippen LogP contribution is 2.17. The highest BCUT2D eigenvalue weighted by atomic mass is 79.9. The van der Waals surface area contributed by atoms with Crippen molar-refractivity contribution in [2.24, 2.45) is 0 Å². The van der Waals surface area contributed by atoms with E-state index in [1.807, 2.05) is 31.2 Å². The second-order valence-electron chi connectivity index (χ2n) is 4.58. The molecule has 0 saturated carbocycles. The highest BCUT2D eigenvalue weighted by Gasteiger charge is 2.20. The number of carbonyl (C=O) groups is 2. The van der Waals surface area contributed by atoms with E-state index in [-0.39, 0.29) is 6.03 Å². The third-order valence-electron chi connectivity index (χ3n) is 2.89. The summed E-state index contributed by atoms with van der Waals surface area (Å²) in [5.74, 6) is -1.01. The minimum atomic E-state index is -1.01. The topological polar surface area (TPSA) is 69.6 Å². The summed E-state index contributed by atoms with van der Waals surface area (Å²) in [4.78, 5) is 24.5. The van der Waals surface area contributed by atoms with E-state index in [9.17, 15) is 9.59 Å². The van der Waals surface area contributed by atoms with Gasteiger partial charge in [0.1, 0.15) is 6.04 Å². The molecule has 0 spiro atoms. The van der Waals surface area contributed by atoms with Crippen molar-refractivity contribution in [3.8, 4) is 0 Å². The number of amides is 2. The fourth-order valence-electron chi connectivity index (χ4n) is 1.76. The molecule has 0 heterocycles. The number of urea groups is 1. The predicted molar refractivity (Wildman–Crippen MR) is 80.5 cm³/mol. The van der Waals surface area contributed by atoms with Crippen LogP contribution in [-0.4, -0.2) is 35.1 Å². The minimum Gasteiger partial charge on any atom is -0.480 e. The van der Waals surface area contributed by atoms with Crippen LogP contribution < -0.4 is 5.32 Å². The molecule has 2 N–H and O–H groups in total. The van der Waals surface area contributed by atoms with Crippen molar-refractivity contribution in [2.45, 2.75) is 32.4 Å². The zero-order valence-corrected chi connectivity index (χ0v) is 13.2. The lowest BCUT2D eigenvalue weighted by Gasteiger charge is -2.21. The predicted octanol–water partition coefficient (Wildman–Crippen LogP) is 2.84. The Morgan fingerprint density at radius 2 is 2.05 bits per heavy atom. The van der Waals surface area contributed by atoms with E-state index in [1.165, 1.54) is 4.90 Å². The number of hydrogen-bond donors (Lipinski definition) is 2. The molecule has 2 amide bonds. The first-order valence-electron chi connectivity index (χ1n) is 6.43. The molecule has 0 fully saturated rings. The van der Waals surface area contributed by atoms with Crippen molar-refractivity contribution in [1.82, 2.24) is 10.2 Å². The number of carboxylic acids is 1. The molecule has 5 nitrogen and oxygen atoms in total. The summed E-state index contributed by atoms with van der Waals surface area (Å²) in [5.41, 5.74) is 0.965. The zero-order chi connectivity index (χ0) is 15.1. The van der Waals surface area contributed by atoms with Gasteiger partial charge in [0.2, 0.25) is 0 Å². The maximum absolute atomic E-state index is 12.0. The average Bonchev–Trinajstić information content (AvgIpc) is 2.40. The van der Waals surface area contributed by atoms with Crippen LogP contribution in [0.4, 0.5) is 4.79 Å². The van der Waals surface area contributed by atoms with Crippen molar-refractivity contribution in [3.63, 3.8) is 0 Å². The Kier molecular flexibility index (Phi) is 6.51. The average molecular weight is 343 g/mol. The zero-order valence-electron chi connectivity index (χ0n) is 11.6. The summed E-state index contributed by atoms with van der Waals surface area (Å²) in [7, 11) is 1.64. The van der Waals surface area contributed by atoms with Gasteiger partial charge in [0, 0.05) is 18.1 Å². The van der Waals surface area contributed by atoms with Crippen LogP contribution >= 0.6 is 15.9 Å². The van der Waals surface area contributed by atoms with E-state index in [4.69, 9.17) is 5.11 Å². The summed E-state index contributed by atoms with van der Waals surface area (Å²) in [6.07, 6.45) is 1.12. The van der Waals surface area contributed by atoms with Crippen molar-refractivity contribution >= 4 is 27.9 Å². The third kappa shape index (κ3) is 4.85. The van der Waals surface area contributed by atoms with Gasteiger partial charge in [-0.1, -0.05) is 47.5 Å². The Morgan fingerprint density at radius 3 is 2.60 bits per heavy atom. The number of nitrogens with zero attached hydrogens (tertiary/aromatic N) is 1. The molecule has 0 radical (unpaired) electrons. The summed E-state index contributed by atoms with van der Waals surface area (Å²) in [5, 5.41) is 11.6. The first-order chi connectivity index (χ1) is 9.45. The largest absolute Gasteiger partial charge is 0.480 e. The van der Waals surface area contributed by atoms with Crippen LogP contribution in [0.3, 0.4) is 0 Å². The van der Waals surface area contributed by atoms with Gasteiger partial charge in [-0.05, 0) is 18.1 Å². The molecular weight excluding hydrogens is 324 g/mol. The third-order valence-corrected chi connectivity index (χ3v) is 3.66. The molecule has 1 aromatic carbocycles. The molecule has 20 heavy (non-hydrogen) atoms. The van der Waals surface area contributed by atoms with Crippen molar-refractivity contribution in [1.29, 1.82) is 0 Å². The molecule has 0 aromatic heterocycles. The molecule has 0 saturated heterocycles. The maximum atomic E-state index is 12.0. The number of halogens is 1. The van der Waals surface area contributed by atoms with Gasteiger partial charge in [-0.15, -0.1) is 0 Å². The summed E-state index contributed by atoms with van der Waals surface area (Å²) in [6, 6.07) is 6.38. The van der Waals surface area contributed by atoms with Crippen LogP contribution in [-0.2, 0) is 11.3 Å². The molecule has 1 aromatic rings. The minimum absolute atomic E-state index is 0.387. The Hall–Kier alpha value is -1.56. The van der Waals surface area contributed by atoms with Crippen molar-refractivity contribution in [2.75, 3.05) is 7.05 Å². The number of carbonyl (C=O) groups excluding carboxylic acids is 1. The van der Waals surface area contributed by atoms with Crippen molar-refractivity contribution < 1.29 is 14.7 Å². The van der Waals surface area contributed by atoms with E-state index in [2.05, 4.69) is 21.2 Å². The van der Waals surface area contributed by atoms with Crippen LogP contribution in [0.5, 0.6) is 0 Å². The molecule has 0 aliphatic rings. The van der Waals surface area contributed by atoms with E-state index >= 15 is 0 Å². The SMILES string of the molecule is CCC[C@@H](NC(=O)N(C)Cc1ccccc1Br)C(=O)O. The summed E-state index contributed by atoms with van der Waals surface area (Å²) < 4.78 is 0.919. The number of rotatable bonds is 6. The highest BCUT2D eigenvalue weighted by molar-refractivity contribution is 9.10. The lowest BCUT2D eigenvalue weighted by molar-refractivity contribution is -0.139. The Balaban J connectivity index is 2.63. The molecule has 0 unspecified atom stereocenters. The van der Waals surface area contributed by atoms with Gasteiger partial charge in [0.15, 0.2) is 0 Å². The molecule has 1 atom stereocenters. The number of hydrogen-bond acceptors (Lipinski definition) is 2. The second-order valence-corrected chi connectivity index (χ2v) is 5.43. The van der Waals surface area contributed by atoms with Gasteiger partial charge in [-0.2, -0.15) is 0 Å². The van der Waals surface area contributed by atoms with Crippen LogP contribution in [0, 0.1) is 0 Å². The molecule has 0 aliphatic carbocycles. The monoisotopic (exact) mass is 342 g/mol. The van der Waals surface area contributed by atoms with E-state index in [0.717, 1.165) is 10.0 Å². The van der Waals surface area contributed by atoms with Gasteiger partial charge in [-0.25, -0.2) is 9.59 Å². The normalized spacial score (nSPS) is 11.8. The molecule has 0 bridgehead atoms. The Bertz CT molecular complexity index is 479. The molecular formula is C14H19BrN2O3. The number of carboxylic acid groups (broad SMARTS) is 1. The lowest BCUT2D eigenvalue weighted by atomic mass is 10.2. The van der Waals surface area contributed by atoms with E-state index in [0.29, 0.717) is 19.4 Å². The molecule has 1 rings (SSSR count). The van der Waals surface area contributed by atoms with Gasteiger partial charge in [-0.3, -0.25) is 0 Å². The summed E-state index contributed by atoms with van der Waals surface area (Å²) >= 11 is 3.42. The lowest BCUT2D eigenvalue weighted by Crippen LogP contribution is -2.46. The quantitative estimate of drug-likeness (QED) is 0.835. The fourth-order valence-corrected chi connectivity index (χ4v) is 2.17. The first-order valence-corrected chi connectivity index (χ1v) is 7.22. The van der Waals surface area contributed by atoms with Crippen LogP contribution in [0.1, 0.15) is 25.3 Å². The van der Waals surface area contributed by atoms with E-state index < -0.39 is 12.0 Å². The van der Waals surface area contributed by atoms with Gasteiger partial charge >= 0.3 is 12.0 Å². The summed E-state index contributed by atoms with van der Waals surface area (Å²) in [6.45, 7) is 2.29. The van der Waals surface area contributed by atoms with Gasteiger partial charge in [0.25, 0.3) is 0 Å². The standard InChI is InChI=1S/C14H19BrN2O3/c1-3-6-12(13(18)19)16-14(20)17(2)9-10-7-4-5-8-11(10)15/h4-5,7-8,12H,3,6,9H2,1-2H3,(H,16,20)(H,18,19)/t12-/m1/s1. The smallest absolute Gasteiger partial charge is 0.326 e. The Labute approximate surface area is 127 Å². The van der Waals surface area contributed by atoms with Crippen LogP contribution in [0.2, 0.25) is 0 Å².